The van der Waals surface area contributed by atoms with Crippen molar-refractivity contribution in [3.05, 3.63) is 28.8 Å². The van der Waals surface area contributed by atoms with Gasteiger partial charge in [-0.25, -0.2) is 0 Å². The minimum Gasteiger partial charge on any atom is -0.496 e. The molecule has 4 heteroatoms. The summed E-state index contributed by atoms with van der Waals surface area (Å²) >= 11 is 6.04. The molecule has 1 aliphatic rings. The summed E-state index contributed by atoms with van der Waals surface area (Å²) in [7, 11) is 1.69. The molecular formula is C16H24ClNO2. The molecule has 1 heterocycles. The van der Waals surface area contributed by atoms with Crippen LogP contribution in [0.5, 0.6) is 5.75 Å². The molecule has 0 bridgehead atoms. The zero-order chi connectivity index (χ0) is 14.4. The minimum absolute atomic E-state index is 0.288. The second-order valence-electron chi connectivity index (χ2n) is 5.21. The lowest BCUT2D eigenvalue weighted by molar-refractivity contribution is 0.0995. The number of hydrogen-bond acceptors (Lipinski definition) is 3. The summed E-state index contributed by atoms with van der Waals surface area (Å²) in [6.45, 7) is 3.98. The van der Waals surface area contributed by atoms with Crippen molar-refractivity contribution in [1.82, 2.24) is 5.32 Å². The zero-order valence-corrected chi connectivity index (χ0v) is 13.1. The highest BCUT2D eigenvalue weighted by atomic mass is 35.5. The molecular weight excluding hydrogens is 274 g/mol. The molecule has 112 valence electrons. The third-order valence-corrected chi connectivity index (χ3v) is 4.06. The molecule has 2 rings (SSSR count). The SMILES string of the molecule is CCNC(CCC1CCCO1)c1ccc(Cl)cc1OC. The van der Waals surface area contributed by atoms with Crippen molar-refractivity contribution in [3.63, 3.8) is 0 Å². The van der Waals surface area contributed by atoms with Gasteiger partial charge in [-0.3, -0.25) is 0 Å². The summed E-state index contributed by atoms with van der Waals surface area (Å²) in [6.07, 6.45) is 4.95. The second-order valence-corrected chi connectivity index (χ2v) is 5.65. The average molecular weight is 298 g/mol. The van der Waals surface area contributed by atoms with Crippen LogP contribution in [0, 0.1) is 0 Å². The highest BCUT2D eigenvalue weighted by Gasteiger charge is 2.20. The normalized spacial score (nSPS) is 20.1. The molecule has 0 aromatic heterocycles. The smallest absolute Gasteiger partial charge is 0.125 e. The first-order chi connectivity index (χ1) is 9.74. The molecule has 1 N–H and O–H groups in total. The van der Waals surface area contributed by atoms with Crippen LogP contribution in [0.3, 0.4) is 0 Å². The molecule has 20 heavy (non-hydrogen) atoms. The summed E-state index contributed by atoms with van der Waals surface area (Å²) in [6, 6.07) is 6.16. The van der Waals surface area contributed by atoms with Crippen LogP contribution in [0.25, 0.3) is 0 Å². The van der Waals surface area contributed by atoms with E-state index in [2.05, 4.69) is 18.3 Å². The predicted molar refractivity (Wildman–Crippen MR) is 82.6 cm³/mol. The summed E-state index contributed by atoms with van der Waals surface area (Å²) in [4.78, 5) is 0. The van der Waals surface area contributed by atoms with Gasteiger partial charge < -0.3 is 14.8 Å². The number of methoxy groups -OCH3 is 1. The van der Waals surface area contributed by atoms with Crippen LogP contribution in [0.2, 0.25) is 5.02 Å². The Morgan fingerprint density at radius 3 is 3.00 bits per heavy atom. The van der Waals surface area contributed by atoms with E-state index in [4.69, 9.17) is 21.1 Å². The number of halogens is 1. The molecule has 0 radical (unpaired) electrons. The maximum Gasteiger partial charge on any atom is 0.125 e. The van der Waals surface area contributed by atoms with Crippen molar-refractivity contribution < 1.29 is 9.47 Å². The largest absolute Gasteiger partial charge is 0.496 e. The molecule has 1 aliphatic heterocycles. The molecule has 0 saturated carbocycles. The van der Waals surface area contributed by atoms with Crippen LogP contribution in [0.15, 0.2) is 18.2 Å². The molecule has 1 saturated heterocycles. The Morgan fingerprint density at radius 2 is 2.35 bits per heavy atom. The quantitative estimate of drug-likeness (QED) is 0.826. The lowest BCUT2D eigenvalue weighted by atomic mass is 9.98. The van der Waals surface area contributed by atoms with E-state index in [1.807, 2.05) is 12.1 Å². The maximum atomic E-state index is 6.04. The van der Waals surface area contributed by atoms with Gasteiger partial charge in [0.25, 0.3) is 0 Å². The second kappa shape index (κ2) is 7.87. The third-order valence-electron chi connectivity index (χ3n) is 3.82. The van der Waals surface area contributed by atoms with Crippen LogP contribution in [-0.2, 0) is 4.74 Å². The van der Waals surface area contributed by atoms with Gasteiger partial charge in [0.15, 0.2) is 0 Å². The average Bonchev–Trinajstić information content (AvgIpc) is 2.97. The fourth-order valence-electron chi connectivity index (χ4n) is 2.81. The van der Waals surface area contributed by atoms with E-state index in [-0.39, 0.29) is 6.04 Å². The Balaban J connectivity index is 2.06. The van der Waals surface area contributed by atoms with Crippen LogP contribution in [0.1, 0.15) is 44.2 Å². The zero-order valence-electron chi connectivity index (χ0n) is 12.3. The van der Waals surface area contributed by atoms with Gasteiger partial charge in [-0.2, -0.15) is 0 Å². The molecule has 2 atom stereocenters. The summed E-state index contributed by atoms with van der Waals surface area (Å²) in [5, 5.41) is 4.25. The number of ether oxygens (including phenoxy) is 2. The Morgan fingerprint density at radius 1 is 1.50 bits per heavy atom. The first kappa shape index (κ1) is 15.6. The fraction of sp³-hybridized carbons (Fsp3) is 0.625. The van der Waals surface area contributed by atoms with Gasteiger partial charge >= 0.3 is 0 Å². The van der Waals surface area contributed by atoms with Gasteiger partial charge in [-0.05, 0) is 44.4 Å². The van der Waals surface area contributed by atoms with E-state index < -0.39 is 0 Å². The molecule has 0 spiro atoms. The van der Waals surface area contributed by atoms with E-state index in [1.165, 1.54) is 18.4 Å². The van der Waals surface area contributed by atoms with Gasteiger partial charge in [-0.1, -0.05) is 24.6 Å². The topological polar surface area (TPSA) is 30.5 Å². The molecule has 3 nitrogen and oxygen atoms in total. The van der Waals surface area contributed by atoms with E-state index in [1.54, 1.807) is 7.11 Å². The molecule has 0 amide bonds. The van der Waals surface area contributed by atoms with Crippen LogP contribution < -0.4 is 10.1 Å². The Kier molecular flexibility index (Phi) is 6.14. The monoisotopic (exact) mass is 297 g/mol. The summed E-state index contributed by atoms with van der Waals surface area (Å²) in [5.41, 5.74) is 1.18. The van der Waals surface area contributed by atoms with Crippen molar-refractivity contribution in [3.8, 4) is 5.75 Å². The van der Waals surface area contributed by atoms with Gasteiger partial charge in [0.05, 0.1) is 13.2 Å². The summed E-state index contributed by atoms with van der Waals surface area (Å²) in [5.74, 6) is 0.857. The first-order valence-corrected chi connectivity index (χ1v) is 7.80. The van der Waals surface area contributed by atoms with Crippen LogP contribution >= 0.6 is 11.6 Å². The number of rotatable bonds is 7. The van der Waals surface area contributed by atoms with Crippen molar-refractivity contribution in [1.29, 1.82) is 0 Å². The minimum atomic E-state index is 0.288. The molecule has 2 unspecified atom stereocenters. The third kappa shape index (κ3) is 4.11. The van der Waals surface area contributed by atoms with E-state index in [0.29, 0.717) is 11.1 Å². The molecule has 1 aromatic rings. The fourth-order valence-corrected chi connectivity index (χ4v) is 2.97. The Labute approximate surface area is 126 Å². The van der Waals surface area contributed by atoms with Crippen molar-refractivity contribution in [2.75, 3.05) is 20.3 Å². The number of nitrogens with one attached hydrogen (secondary N) is 1. The van der Waals surface area contributed by atoms with Gasteiger partial charge in [0, 0.05) is 23.2 Å². The number of benzene rings is 1. The van der Waals surface area contributed by atoms with Crippen molar-refractivity contribution >= 4 is 11.6 Å². The maximum absolute atomic E-state index is 6.04. The standard InChI is InChI=1S/C16H24ClNO2/c1-3-18-15(9-7-13-5-4-10-20-13)14-8-6-12(17)11-16(14)19-2/h6,8,11,13,15,18H,3-5,7,9-10H2,1-2H3. The first-order valence-electron chi connectivity index (χ1n) is 7.43. The lowest BCUT2D eigenvalue weighted by Gasteiger charge is -2.22. The number of hydrogen-bond donors (Lipinski definition) is 1. The van der Waals surface area contributed by atoms with Gasteiger partial charge in [0.2, 0.25) is 0 Å². The molecule has 0 aliphatic carbocycles. The highest BCUT2D eigenvalue weighted by Crippen LogP contribution is 2.32. The molecule has 1 fully saturated rings. The highest BCUT2D eigenvalue weighted by molar-refractivity contribution is 6.30. The Bertz CT molecular complexity index is 419. The molecule has 1 aromatic carbocycles. The Hall–Kier alpha value is -0.770. The van der Waals surface area contributed by atoms with E-state index >= 15 is 0 Å². The van der Waals surface area contributed by atoms with Crippen molar-refractivity contribution in [2.45, 2.75) is 44.8 Å². The lowest BCUT2D eigenvalue weighted by Crippen LogP contribution is -2.23. The van der Waals surface area contributed by atoms with Gasteiger partial charge in [0.1, 0.15) is 5.75 Å². The predicted octanol–water partition coefficient (Wildman–Crippen LogP) is 3.96. The van der Waals surface area contributed by atoms with Crippen LogP contribution in [-0.4, -0.2) is 26.4 Å². The summed E-state index contributed by atoms with van der Waals surface area (Å²) < 4.78 is 11.2. The van der Waals surface area contributed by atoms with Crippen LogP contribution in [0.4, 0.5) is 0 Å². The van der Waals surface area contributed by atoms with Gasteiger partial charge in [-0.15, -0.1) is 0 Å². The van der Waals surface area contributed by atoms with Crippen molar-refractivity contribution in [2.24, 2.45) is 0 Å². The van der Waals surface area contributed by atoms with E-state index in [0.717, 1.165) is 31.7 Å². The van der Waals surface area contributed by atoms with E-state index in [9.17, 15) is 0 Å².